The van der Waals surface area contributed by atoms with Crippen molar-refractivity contribution in [3.63, 3.8) is 0 Å². The van der Waals surface area contributed by atoms with Gasteiger partial charge in [0.05, 0.1) is 7.11 Å². The molecule has 136 valence electrons. The van der Waals surface area contributed by atoms with E-state index in [1.165, 1.54) is 6.42 Å². The fourth-order valence-electron chi connectivity index (χ4n) is 4.33. The van der Waals surface area contributed by atoms with Crippen molar-refractivity contribution in [2.24, 2.45) is 11.8 Å². The predicted octanol–water partition coefficient (Wildman–Crippen LogP) is 1.37. The van der Waals surface area contributed by atoms with E-state index >= 15 is 0 Å². The van der Waals surface area contributed by atoms with Gasteiger partial charge in [-0.3, -0.25) is 0 Å². The van der Waals surface area contributed by atoms with Crippen molar-refractivity contribution < 1.29 is 28.7 Å². The number of nitrogens with zero attached hydrogens (tertiary/aromatic N) is 1. The van der Waals surface area contributed by atoms with Crippen LogP contribution in [0.5, 0.6) is 0 Å². The van der Waals surface area contributed by atoms with Gasteiger partial charge in [-0.2, -0.15) is 0 Å². The molecule has 0 amide bonds. The van der Waals surface area contributed by atoms with Crippen molar-refractivity contribution in [3.8, 4) is 0 Å². The number of ether oxygens (including phenoxy) is 1. The number of hydrogen-bond donors (Lipinski definition) is 0. The fraction of sp³-hybridized carbons (Fsp3) is 0.714. The molecule has 1 saturated heterocycles. The molecule has 0 bridgehead atoms. The van der Waals surface area contributed by atoms with Crippen LogP contribution in [0.1, 0.15) is 67.2 Å². The van der Waals surface area contributed by atoms with Crippen molar-refractivity contribution in [2.75, 3.05) is 7.11 Å². The van der Waals surface area contributed by atoms with Crippen LogP contribution in [0.4, 0.5) is 0 Å². The summed E-state index contributed by atoms with van der Waals surface area (Å²) in [5, 5.41) is 13.3. The molecule has 2 rings (SSSR count). The van der Waals surface area contributed by atoms with Gasteiger partial charge in [0.25, 0.3) is 0 Å². The Labute approximate surface area is 166 Å². The van der Waals surface area contributed by atoms with E-state index in [-0.39, 0.29) is 41.7 Å². The minimum absolute atomic E-state index is 0. The average Bonchev–Trinajstić information content (AvgIpc) is 2.51. The number of hydrogen-bond acceptors (Lipinski definition) is 3. The normalized spacial score (nSPS) is 27.9. The predicted molar refractivity (Wildman–Crippen MR) is 98.1 cm³/mol. The summed E-state index contributed by atoms with van der Waals surface area (Å²) in [5.74, 6) is 1.80. The summed E-state index contributed by atoms with van der Waals surface area (Å²) >= 11 is 0. The van der Waals surface area contributed by atoms with Crippen LogP contribution < -0.4 is 24.0 Å². The van der Waals surface area contributed by atoms with Gasteiger partial charge in [0.1, 0.15) is 5.76 Å². The summed E-state index contributed by atoms with van der Waals surface area (Å²) in [4.78, 5) is 2.09. The molecule has 25 heavy (non-hydrogen) atoms. The van der Waals surface area contributed by atoms with Crippen LogP contribution in [0.25, 0.3) is 0 Å². The van der Waals surface area contributed by atoms with Crippen molar-refractivity contribution in [3.05, 3.63) is 35.4 Å². The molecule has 4 heteroatoms. The Morgan fingerprint density at radius 3 is 2.32 bits per heavy atom. The van der Waals surface area contributed by atoms with Gasteiger partial charge in [-0.05, 0) is 70.4 Å². The fourth-order valence-corrected chi connectivity index (χ4v) is 4.33. The maximum absolute atomic E-state index is 13.3. The second-order valence-electron chi connectivity index (χ2n) is 8.60. The van der Waals surface area contributed by atoms with Crippen molar-refractivity contribution >= 4 is 0 Å². The molecule has 0 aromatic rings. The zero-order chi connectivity index (χ0) is 18.1. The first-order valence-corrected chi connectivity index (χ1v) is 9.29. The third-order valence-electron chi connectivity index (χ3n) is 5.84. The van der Waals surface area contributed by atoms with Crippen molar-refractivity contribution in [1.29, 1.82) is 0 Å². The molecule has 1 aliphatic carbocycles. The molecule has 0 N–H and O–H groups in total. The van der Waals surface area contributed by atoms with Gasteiger partial charge in [0.2, 0.25) is 0 Å². The quantitative estimate of drug-likeness (QED) is 0.573. The molecule has 0 radical (unpaired) electrons. The maximum atomic E-state index is 13.3. The SMILES string of the molecule is CCC(C)C1C=C/C(=C(/[O-])N2C(C)(C)CCCC2(C)C)C=C1OC.[Li+]. The summed E-state index contributed by atoms with van der Waals surface area (Å²) in [6, 6.07) is 0. The minimum atomic E-state index is -0.117. The number of rotatable bonds is 4. The molecule has 2 unspecified atom stereocenters. The largest absolute Gasteiger partial charge is 1.00 e. The maximum Gasteiger partial charge on any atom is 1.00 e. The summed E-state index contributed by atoms with van der Waals surface area (Å²) in [6.45, 7) is 13.1. The molecule has 1 aliphatic heterocycles. The van der Waals surface area contributed by atoms with Crippen LogP contribution in [0.2, 0.25) is 0 Å². The number of methoxy groups -OCH3 is 1. The van der Waals surface area contributed by atoms with Gasteiger partial charge < -0.3 is 14.7 Å². The summed E-state index contributed by atoms with van der Waals surface area (Å²) in [7, 11) is 1.71. The monoisotopic (exact) mass is 339 g/mol. The average molecular weight is 339 g/mol. The molecule has 0 aromatic heterocycles. The molecule has 0 aromatic carbocycles. The summed E-state index contributed by atoms with van der Waals surface area (Å²) in [5.41, 5.74) is 0.511. The van der Waals surface area contributed by atoms with E-state index in [0.29, 0.717) is 5.92 Å². The molecular weight excluding hydrogens is 305 g/mol. The molecule has 0 saturated carbocycles. The van der Waals surface area contributed by atoms with E-state index in [2.05, 4.69) is 52.5 Å². The Morgan fingerprint density at radius 1 is 1.28 bits per heavy atom. The molecule has 3 nitrogen and oxygen atoms in total. The first kappa shape index (κ1) is 22.3. The van der Waals surface area contributed by atoms with Gasteiger partial charge in [-0.15, -0.1) is 0 Å². The van der Waals surface area contributed by atoms with Crippen LogP contribution in [0, 0.1) is 11.8 Å². The third kappa shape index (κ3) is 4.50. The molecule has 0 spiro atoms. The zero-order valence-electron chi connectivity index (χ0n) is 17.5. The number of piperidine rings is 1. The second-order valence-corrected chi connectivity index (χ2v) is 8.60. The molecule has 1 heterocycles. The Morgan fingerprint density at radius 2 is 1.84 bits per heavy atom. The van der Waals surface area contributed by atoms with Crippen LogP contribution >= 0.6 is 0 Å². The van der Waals surface area contributed by atoms with Gasteiger partial charge in [-0.25, -0.2) is 0 Å². The van der Waals surface area contributed by atoms with E-state index < -0.39 is 0 Å². The Kier molecular flexibility index (Phi) is 7.37. The van der Waals surface area contributed by atoms with E-state index in [1.807, 2.05) is 12.2 Å². The van der Waals surface area contributed by atoms with E-state index in [9.17, 15) is 5.11 Å². The summed E-state index contributed by atoms with van der Waals surface area (Å²) in [6.07, 6.45) is 10.5. The van der Waals surface area contributed by atoms with Crippen LogP contribution in [0.3, 0.4) is 0 Å². The first-order valence-electron chi connectivity index (χ1n) is 9.29. The van der Waals surface area contributed by atoms with E-state index in [1.54, 1.807) is 7.11 Å². The third-order valence-corrected chi connectivity index (χ3v) is 5.84. The van der Waals surface area contributed by atoms with Gasteiger partial charge in [0, 0.05) is 17.0 Å². The Hall–Kier alpha value is -0.783. The second kappa shape index (κ2) is 8.27. The molecule has 1 fully saturated rings. The van der Waals surface area contributed by atoms with Crippen LogP contribution in [-0.2, 0) is 4.74 Å². The first-order chi connectivity index (χ1) is 11.1. The Balaban J connectivity index is 0.00000312. The topological polar surface area (TPSA) is 35.5 Å². The Bertz CT molecular complexity index is 544. The van der Waals surface area contributed by atoms with E-state index in [4.69, 9.17) is 4.74 Å². The minimum Gasteiger partial charge on any atom is -0.860 e. The number of allylic oxidation sites excluding steroid dienone is 4. The van der Waals surface area contributed by atoms with Gasteiger partial charge in [0.15, 0.2) is 0 Å². The van der Waals surface area contributed by atoms with Crippen molar-refractivity contribution in [1.82, 2.24) is 4.90 Å². The standard InChI is InChI=1S/C21H35NO2.Li/c1-8-15(2)17-11-10-16(14-18(17)24-7)19(23)22-20(3,4)12-9-13-21(22,5)6;/h10-11,14-15,17,23H,8-9,12-13H2,1-7H3;/q;+1/p-1/b19-16-;. The smallest absolute Gasteiger partial charge is 0.860 e. The van der Waals surface area contributed by atoms with Gasteiger partial charge in [-0.1, -0.05) is 32.4 Å². The number of likely N-dealkylation sites (tertiary alicyclic amines) is 1. The van der Waals surface area contributed by atoms with Crippen LogP contribution in [0.15, 0.2) is 35.4 Å². The molecule has 2 aliphatic rings. The van der Waals surface area contributed by atoms with Gasteiger partial charge >= 0.3 is 18.9 Å². The molecule has 2 atom stereocenters. The molecular formula is C21H34LiNO2. The van der Waals surface area contributed by atoms with Crippen LogP contribution in [-0.4, -0.2) is 23.1 Å². The zero-order valence-corrected chi connectivity index (χ0v) is 17.5. The van der Waals surface area contributed by atoms with E-state index in [0.717, 1.165) is 30.6 Å². The van der Waals surface area contributed by atoms with Crippen molar-refractivity contribution in [2.45, 2.75) is 78.3 Å². The summed E-state index contributed by atoms with van der Waals surface area (Å²) < 4.78 is 5.62.